The van der Waals surface area contributed by atoms with Gasteiger partial charge in [-0.25, -0.2) is 4.39 Å². The molecule has 0 atom stereocenters. The molecule has 19 heavy (non-hydrogen) atoms. The molecule has 0 radical (unpaired) electrons. The summed E-state index contributed by atoms with van der Waals surface area (Å²) in [7, 11) is 0. The number of hydrogen-bond acceptors (Lipinski definition) is 2. The minimum Gasteiger partial charge on any atom is -0.378 e. The first-order chi connectivity index (χ1) is 8.56. The molecule has 0 unspecified atom stereocenters. The van der Waals surface area contributed by atoms with Crippen molar-refractivity contribution in [3.8, 4) is 0 Å². The van der Waals surface area contributed by atoms with Crippen LogP contribution >= 0.6 is 12.4 Å². The van der Waals surface area contributed by atoms with E-state index in [2.05, 4.69) is 24.3 Å². The van der Waals surface area contributed by atoms with Crippen LogP contribution in [0.25, 0.3) is 0 Å². The lowest BCUT2D eigenvalue weighted by molar-refractivity contribution is 0.529. The van der Waals surface area contributed by atoms with Crippen molar-refractivity contribution in [2.75, 3.05) is 5.32 Å². The van der Waals surface area contributed by atoms with Crippen molar-refractivity contribution in [2.24, 2.45) is 0 Å². The molecule has 0 saturated carbocycles. The van der Waals surface area contributed by atoms with Crippen LogP contribution in [0.4, 0.5) is 10.1 Å². The van der Waals surface area contributed by atoms with Gasteiger partial charge in [0, 0.05) is 18.8 Å². The molecule has 0 aliphatic heterocycles. The Morgan fingerprint density at radius 3 is 2.68 bits per heavy atom. The summed E-state index contributed by atoms with van der Waals surface area (Å²) in [5.41, 5.74) is 2.87. The molecule has 0 bridgehead atoms. The van der Waals surface area contributed by atoms with Gasteiger partial charge >= 0.3 is 0 Å². The van der Waals surface area contributed by atoms with Crippen molar-refractivity contribution >= 4 is 18.1 Å². The van der Waals surface area contributed by atoms with Crippen molar-refractivity contribution < 1.29 is 4.39 Å². The fourth-order valence-electron chi connectivity index (χ4n) is 1.76. The number of halogens is 2. The van der Waals surface area contributed by atoms with Gasteiger partial charge in [0.15, 0.2) is 0 Å². The zero-order valence-electron chi connectivity index (χ0n) is 11.4. The molecule has 1 aromatic carbocycles. The van der Waals surface area contributed by atoms with Gasteiger partial charge in [0.1, 0.15) is 5.82 Å². The number of aromatic nitrogens is 2. The molecular weight excluding hydrogens is 265 g/mol. The van der Waals surface area contributed by atoms with E-state index in [0.717, 1.165) is 16.9 Å². The standard InChI is InChI=1S/C14H18FN3.ClH/c1-10(2)18-9-14(11(3)17-18)16-8-12-5-4-6-13(15)7-12;/h4-7,9-10,16H,8H2,1-3H3;1H. The van der Waals surface area contributed by atoms with E-state index in [1.807, 2.05) is 23.9 Å². The quantitative estimate of drug-likeness (QED) is 0.921. The van der Waals surface area contributed by atoms with E-state index < -0.39 is 0 Å². The van der Waals surface area contributed by atoms with Crippen molar-refractivity contribution in [3.05, 3.63) is 47.5 Å². The highest BCUT2D eigenvalue weighted by molar-refractivity contribution is 5.85. The van der Waals surface area contributed by atoms with Gasteiger partial charge in [-0.3, -0.25) is 4.68 Å². The number of benzene rings is 1. The van der Waals surface area contributed by atoms with Crippen LogP contribution in [0.3, 0.4) is 0 Å². The van der Waals surface area contributed by atoms with Crippen LogP contribution in [-0.4, -0.2) is 9.78 Å². The molecule has 104 valence electrons. The van der Waals surface area contributed by atoms with Gasteiger partial charge < -0.3 is 5.32 Å². The Morgan fingerprint density at radius 1 is 1.37 bits per heavy atom. The van der Waals surface area contributed by atoms with Crippen LogP contribution in [-0.2, 0) is 6.54 Å². The Kier molecular flexibility index (Phi) is 5.36. The molecule has 0 aliphatic carbocycles. The summed E-state index contributed by atoms with van der Waals surface area (Å²) in [6.07, 6.45) is 1.99. The molecule has 0 amide bonds. The molecular formula is C14H19ClFN3. The minimum absolute atomic E-state index is 0. The summed E-state index contributed by atoms with van der Waals surface area (Å²) in [5, 5.41) is 7.70. The van der Waals surface area contributed by atoms with Crippen LogP contribution in [0.5, 0.6) is 0 Å². The Hall–Kier alpha value is -1.55. The van der Waals surface area contributed by atoms with Crippen molar-refractivity contribution in [2.45, 2.75) is 33.4 Å². The largest absolute Gasteiger partial charge is 0.378 e. The molecule has 1 aromatic heterocycles. The summed E-state index contributed by atoms with van der Waals surface area (Å²) in [5.74, 6) is -0.205. The lowest BCUT2D eigenvalue weighted by Gasteiger charge is -2.05. The number of hydrogen-bond donors (Lipinski definition) is 1. The zero-order valence-corrected chi connectivity index (χ0v) is 12.2. The Labute approximate surface area is 119 Å². The molecule has 5 heteroatoms. The number of nitrogens with one attached hydrogen (secondary N) is 1. The summed E-state index contributed by atoms with van der Waals surface area (Å²) in [6, 6.07) is 6.95. The van der Waals surface area contributed by atoms with E-state index in [1.54, 1.807) is 6.07 Å². The number of rotatable bonds is 4. The van der Waals surface area contributed by atoms with Crippen LogP contribution in [0.15, 0.2) is 30.5 Å². The predicted octanol–water partition coefficient (Wildman–Crippen LogP) is 3.95. The van der Waals surface area contributed by atoms with E-state index in [4.69, 9.17) is 0 Å². The molecule has 1 N–H and O–H groups in total. The Morgan fingerprint density at radius 2 is 2.11 bits per heavy atom. The van der Waals surface area contributed by atoms with Gasteiger partial charge in [0.05, 0.1) is 11.4 Å². The van der Waals surface area contributed by atoms with Gasteiger partial charge in [-0.2, -0.15) is 5.10 Å². The average Bonchev–Trinajstić information content (AvgIpc) is 2.68. The van der Waals surface area contributed by atoms with E-state index in [0.29, 0.717) is 12.6 Å². The Balaban J connectivity index is 0.00000180. The molecule has 1 heterocycles. The molecule has 2 aromatic rings. The maximum Gasteiger partial charge on any atom is 0.123 e. The highest BCUT2D eigenvalue weighted by Crippen LogP contribution is 2.17. The van der Waals surface area contributed by atoms with Crippen molar-refractivity contribution in [1.29, 1.82) is 0 Å². The first-order valence-electron chi connectivity index (χ1n) is 6.10. The van der Waals surface area contributed by atoms with Crippen molar-refractivity contribution in [1.82, 2.24) is 9.78 Å². The van der Waals surface area contributed by atoms with Gasteiger partial charge in [-0.05, 0) is 38.5 Å². The van der Waals surface area contributed by atoms with Crippen LogP contribution < -0.4 is 5.32 Å². The van der Waals surface area contributed by atoms with Gasteiger partial charge in [-0.1, -0.05) is 12.1 Å². The number of anilines is 1. The molecule has 3 nitrogen and oxygen atoms in total. The SMILES string of the molecule is Cc1nn(C(C)C)cc1NCc1cccc(F)c1.Cl. The second-order valence-corrected chi connectivity index (χ2v) is 4.69. The summed E-state index contributed by atoms with van der Waals surface area (Å²) < 4.78 is 15.0. The van der Waals surface area contributed by atoms with E-state index in [1.165, 1.54) is 12.1 Å². The first kappa shape index (κ1) is 15.5. The lowest BCUT2D eigenvalue weighted by Crippen LogP contribution is -2.01. The minimum atomic E-state index is -0.205. The lowest BCUT2D eigenvalue weighted by atomic mass is 10.2. The maximum absolute atomic E-state index is 13.0. The highest BCUT2D eigenvalue weighted by atomic mass is 35.5. The summed E-state index contributed by atoms with van der Waals surface area (Å²) >= 11 is 0. The third kappa shape index (κ3) is 3.96. The summed E-state index contributed by atoms with van der Waals surface area (Å²) in [6.45, 7) is 6.74. The number of aryl methyl sites for hydroxylation is 1. The molecule has 0 aliphatic rings. The Bertz CT molecular complexity index is 537. The van der Waals surface area contributed by atoms with Gasteiger partial charge in [-0.15, -0.1) is 12.4 Å². The fraction of sp³-hybridized carbons (Fsp3) is 0.357. The molecule has 0 saturated heterocycles. The van der Waals surface area contributed by atoms with E-state index >= 15 is 0 Å². The third-order valence-corrected chi connectivity index (χ3v) is 2.82. The second-order valence-electron chi connectivity index (χ2n) is 4.69. The maximum atomic E-state index is 13.0. The normalized spacial score (nSPS) is 10.4. The molecule has 0 fully saturated rings. The fourth-order valence-corrected chi connectivity index (χ4v) is 1.76. The summed E-state index contributed by atoms with van der Waals surface area (Å²) in [4.78, 5) is 0. The first-order valence-corrected chi connectivity index (χ1v) is 6.10. The van der Waals surface area contributed by atoms with Crippen LogP contribution in [0.1, 0.15) is 31.1 Å². The smallest absolute Gasteiger partial charge is 0.123 e. The van der Waals surface area contributed by atoms with Crippen LogP contribution in [0, 0.1) is 12.7 Å². The topological polar surface area (TPSA) is 29.9 Å². The van der Waals surface area contributed by atoms with E-state index in [-0.39, 0.29) is 18.2 Å². The predicted molar refractivity (Wildman–Crippen MR) is 78.3 cm³/mol. The third-order valence-electron chi connectivity index (χ3n) is 2.82. The molecule has 2 rings (SSSR count). The second kappa shape index (κ2) is 6.57. The highest BCUT2D eigenvalue weighted by Gasteiger charge is 2.06. The van der Waals surface area contributed by atoms with Gasteiger partial charge in [0.25, 0.3) is 0 Å². The zero-order chi connectivity index (χ0) is 13.1. The number of nitrogens with zero attached hydrogens (tertiary/aromatic N) is 2. The van der Waals surface area contributed by atoms with Gasteiger partial charge in [0.2, 0.25) is 0 Å². The van der Waals surface area contributed by atoms with Crippen LogP contribution in [0.2, 0.25) is 0 Å². The average molecular weight is 284 g/mol. The van der Waals surface area contributed by atoms with E-state index in [9.17, 15) is 4.39 Å². The monoisotopic (exact) mass is 283 g/mol. The van der Waals surface area contributed by atoms with Crippen molar-refractivity contribution in [3.63, 3.8) is 0 Å². The molecule has 0 spiro atoms.